The molecule has 11 nitrogen and oxygen atoms in total. The summed E-state index contributed by atoms with van der Waals surface area (Å²) >= 11 is 0. The quantitative estimate of drug-likeness (QED) is 0.331. The van der Waals surface area contributed by atoms with Crippen molar-refractivity contribution in [2.45, 2.75) is 56.8 Å². The van der Waals surface area contributed by atoms with Crippen molar-refractivity contribution >= 4 is 16.9 Å². The summed E-state index contributed by atoms with van der Waals surface area (Å²) in [6.45, 7) is 3.56. The molecule has 2 saturated heterocycles. The van der Waals surface area contributed by atoms with Crippen LogP contribution in [0.4, 0.5) is 8.78 Å². The summed E-state index contributed by atoms with van der Waals surface area (Å²) in [4.78, 5) is 34.4. The van der Waals surface area contributed by atoms with E-state index in [0.717, 1.165) is 30.0 Å². The molecule has 2 aliphatic rings. The van der Waals surface area contributed by atoms with Gasteiger partial charge in [0.1, 0.15) is 17.8 Å². The zero-order valence-electron chi connectivity index (χ0n) is 22.5. The molecule has 13 heteroatoms. The number of fused-ring (bicyclic) bond motifs is 1. The lowest BCUT2D eigenvalue weighted by Gasteiger charge is -2.38. The Morgan fingerprint density at radius 2 is 1.83 bits per heavy atom. The SMILES string of the molecule is O=C(CC(C(F)F)n1cccn1)N1CCC(O)(Cn2cnc3c(cnn3-c3ccc(CN4CCC4)cc3)c2=O)CC1. The van der Waals surface area contributed by atoms with Gasteiger partial charge in [0, 0.05) is 32.0 Å². The van der Waals surface area contributed by atoms with E-state index >= 15 is 0 Å². The highest BCUT2D eigenvalue weighted by atomic mass is 19.3. The molecule has 5 heterocycles. The number of carbonyl (C=O) groups is 1. The van der Waals surface area contributed by atoms with Gasteiger partial charge in [0.25, 0.3) is 12.0 Å². The van der Waals surface area contributed by atoms with Crippen molar-refractivity contribution in [1.82, 2.24) is 38.9 Å². The molecule has 41 heavy (non-hydrogen) atoms. The van der Waals surface area contributed by atoms with E-state index in [0.29, 0.717) is 11.0 Å². The molecule has 1 N–H and O–H groups in total. The molecule has 6 rings (SSSR count). The maximum Gasteiger partial charge on any atom is 0.264 e. The maximum atomic E-state index is 13.6. The number of rotatable bonds is 9. The molecule has 1 amide bonds. The van der Waals surface area contributed by atoms with Crippen LogP contribution in [0.1, 0.15) is 37.3 Å². The van der Waals surface area contributed by atoms with Crippen LogP contribution in [0.3, 0.4) is 0 Å². The Kier molecular flexibility index (Phi) is 7.39. The van der Waals surface area contributed by atoms with Crippen molar-refractivity contribution in [2.75, 3.05) is 26.2 Å². The fourth-order valence-electron chi connectivity index (χ4n) is 5.52. The summed E-state index contributed by atoms with van der Waals surface area (Å²) in [5, 5.41) is 19.8. The predicted molar refractivity (Wildman–Crippen MR) is 146 cm³/mol. The number of aliphatic hydroxyl groups is 1. The molecule has 0 aliphatic carbocycles. The second kappa shape index (κ2) is 11.1. The normalized spacial score (nSPS) is 18.1. The largest absolute Gasteiger partial charge is 0.388 e. The van der Waals surface area contributed by atoms with Crippen LogP contribution in [0.2, 0.25) is 0 Å². The number of amides is 1. The lowest BCUT2D eigenvalue weighted by Crippen LogP contribution is -2.50. The van der Waals surface area contributed by atoms with Gasteiger partial charge in [0.15, 0.2) is 5.65 Å². The van der Waals surface area contributed by atoms with Crippen molar-refractivity contribution in [3.8, 4) is 5.69 Å². The van der Waals surface area contributed by atoms with Crippen LogP contribution in [-0.4, -0.2) is 88.1 Å². The Labute approximate surface area is 234 Å². The lowest BCUT2D eigenvalue weighted by atomic mass is 9.91. The molecule has 0 saturated carbocycles. The molecule has 0 radical (unpaired) electrons. The minimum atomic E-state index is -2.74. The average molecular weight is 567 g/mol. The number of benzene rings is 1. The number of carbonyl (C=O) groups excluding carboxylic acids is 1. The zero-order valence-corrected chi connectivity index (χ0v) is 22.5. The molecule has 1 aromatic carbocycles. The van der Waals surface area contributed by atoms with Gasteiger partial charge in [-0.25, -0.2) is 18.4 Å². The summed E-state index contributed by atoms with van der Waals surface area (Å²) in [6, 6.07) is 8.22. The van der Waals surface area contributed by atoms with E-state index in [1.54, 1.807) is 4.68 Å². The van der Waals surface area contributed by atoms with E-state index in [4.69, 9.17) is 0 Å². The minimum Gasteiger partial charge on any atom is -0.388 e. The number of likely N-dealkylation sites (tertiary alicyclic amines) is 2. The highest BCUT2D eigenvalue weighted by Crippen LogP contribution is 2.27. The van der Waals surface area contributed by atoms with Crippen molar-refractivity contribution in [3.63, 3.8) is 0 Å². The number of alkyl halides is 2. The average Bonchev–Trinajstić information content (AvgIpc) is 3.62. The summed E-state index contributed by atoms with van der Waals surface area (Å²) in [6.07, 6.45) is 4.22. The third kappa shape index (κ3) is 5.64. The van der Waals surface area contributed by atoms with Crippen LogP contribution in [0.15, 0.2) is 60.0 Å². The number of nitrogens with zero attached hydrogens (tertiary/aromatic N) is 8. The van der Waals surface area contributed by atoms with Crippen LogP contribution in [0.25, 0.3) is 16.7 Å². The van der Waals surface area contributed by atoms with E-state index in [2.05, 4.69) is 32.2 Å². The highest BCUT2D eigenvalue weighted by molar-refractivity contribution is 5.77. The fourth-order valence-corrected chi connectivity index (χ4v) is 5.52. The first-order valence-electron chi connectivity index (χ1n) is 13.8. The molecule has 0 bridgehead atoms. The van der Waals surface area contributed by atoms with Gasteiger partial charge < -0.3 is 10.0 Å². The number of piperidine rings is 1. The maximum absolute atomic E-state index is 13.6. The van der Waals surface area contributed by atoms with Crippen molar-refractivity contribution in [1.29, 1.82) is 0 Å². The van der Waals surface area contributed by atoms with E-state index < -0.39 is 24.0 Å². The second-order valence-electron chi connectivity index (χ2n) is 11.0. The molecule has 0 spiro atoms. The Hall–Kier alpha value is -3.97. The molecule has 2 aliphatic heterocycles. The predicted octanol–water partition coefficient (Wildman–Crippen LogP) is 2.23. The Bertz CT molecular complexity index is 1560. The van der Waals surface area contributed by atoms with Gasteiger partial charge in [-0.05, 0) is 56.1 Å². The van der Waals surface area contributed by atoms with Gasteiger partial charge in [0.2, 0.25) is 5.91 Å². The lowest BCUT2D eigenvalue weighted by molar-refractivity contribution is -0.138. The van der Waals surface area contributed by atoms with Gasteiger partial charge in [-0.1, -0.05) is 12.1 Å². The smallest absolute Gasteiger partial charge is 0.264 e. The number of hydrogen-bond acceptors (Lipinski definition) is 7. The van der Waals surface area contributed by atoms with E-state index in [-0.39, 0.29) is 44.5 Å². The molecule has 216 valence electrons. The molecular weight excluding hydrogens is 534 g/mol. The van der Waals surface area contributed by atoms with Crippen LogP contribution >= 0.6 is 0 Å². The van der Waals surface area contributed by atoms with Crippen molar-refractivity contribution < 1.29 is 18.7 Å². The van der Waals surface area contributed by atoms with Crippen molar-refractivity contribution in [3.05, 3.63) is 71.2 Å². The topological polar surface area (TPSA) is 114 Å². The summed E-state index contributed by atoms with van der Waals surface area (Å²) < 4.78 is 31.2. The first-order chi connectivity index (χ1) is 19.8. The Morgan fingerprint density at radius 3 is 2.46 bits per heavy atom. The van der Waals surface area contributed by atoms with Crippen molar-refractivity contribution in [2.24, 2.45) is 0 Å². The molecule has 3 aromatic heterocycles. The summed E-state index contributed by atoms with van der Waals surface area (Å²) in [5.41, 5.74) is 0.881. The van der Waals surface area contributed by atoms with E-state index in [1.165, 1.54) is 52.4 Å². The molecule has 1 atom stereocenters. The third-order valence-corrected chi connectivity index (χ3v) is 8.14. The zero-order chi connectivity index (χ0) is 28.6. The van der Waals surface area contributed by atoms with Gasteiger partial charge >= 0.3 is 0 Å². The van der Waals surface area contributed by atoms with Gasteiger partial charge in [-0.2, -0.15) is 10.2 Å². The van der Waals surface area contributed by atoms with Crippen LogP contribution < -0.4 is 5.56 Å². The number of aromatic nitrogens is 6. The third-order valence-electron chi connectivity index (χ3n) is 8.14. The van der Waals surface area contributed by atoms with E-state index in [9.17, 15) is 23.5 Å². The fraction of sp³-hybridized carbons (Fsp3) is 0.464. The highest BCUT2D eigenvalue weighted by Gasteiger charge is 2.36. The summed E-state index contributed by atoms with van der Waals surface area (Å²) in [7, 11) is 0. The molecule has 4 aromatic rings. The molecule has 1 unspecified atom stereocenters. The first kappa shape index (κ1) is 27.2. The van der Waals surface area contributed by atoms with Crippen LogP contribution in [0.5, 0.6) is 0 Å². The Morgan fingerprint density at radius 1 is 1.07 bits per heavy atom. The standard InChI is InChI=1S/C28H32F2N8O3/c29-25(30)23(37-12-1-9-32-37)15-24(39)35-13-7-28(41,8-14-35)18-36-19-31-26-22(27(36)40)16-33-38(26)21-5-3-20(4-6-21)17-34-10-2-11-34/h1,3-6,9,12,16,19,23,25,41H,2,7-8,10-11,13-15,17-18H2. The minimum absolute atomic E-state index is 0.000126. The number of hydrogen-bond donors (Lipinski definition) is 1. The van der Waals surface area contributed by atoms with Gasteiger partial charge in [0.05, 0.1) is 30.5 Å². The molecule has 2 fully saturated rings. The number of halogens is 2. The van der Waals surface area contributed by atoms with Crippen LogP contribution in [0, 0.1) is 0 Å². The van der Waals surface area contributed by atoms with Crippen LogP contribution in [-0.2, 0) is 17.9 Å². The Balaban J connectivity index is 1.10. The first-order valence-corrected chi connectivity index (χ1v) is 13.8. The van der Waals surface area contributed by atoms with Gasteiger partial charge in [-0.15, -0.1) is 0 Å². The monoisotopic (exact) mass is 566 g/mol. The second-order valence-corrected chi connectivity index (χ2v) is 11.0. The molecular formula is C28H32F2N8O3. The summed E-state index contributed by atoms with van der Waals surface area (Å²) in [5.74, 6) is -0.422. The van der Waals surface area contributed by atoms with Gasteiger partial charge in [-0.3, -0.25) is 23.7 Å². The van der Waals surface area contributed by atoms with E-state index in [1.807, 2.05) is 12.1 Å².